The average molecular weight is 535 g/mol. The molecule has 1 unspecified atom stereocenters. The van der Waals surface area contributed by atoms with Crippen molar-refractivity contribution >= 4 is 39.5 Å². The summed E-state index contributed by atoms with van der Waals surface area (Å²) in [4.78, 5) is 39.2. The Labute approximate surface area is 216 Å². The first-order valence-electron chi connectivity index (χ1n) is 11.1. The van der Waals surface area contributed by atoms with Crippen LogP contribution in [0.4, 0.5) is 0 Å². The van der Waals surface area contributed by atoms with Gasteiger partial charge in [-0.3, -0.25) is 14.4 Å². The number of aromatic hydroxyl groups is 4. The number of halogens is 1. The lowest BCUT2D eigenvalue weighted by Gasteiger charge is -2.25. The van der Waals surface area contributed by atoms with Crippen LogP contribution in [0, 0.1) is 0 Å². The highest BCUT2D eigenvalue weighted by Gasteiger charge is 2.36. The number of carbonyl (C=O) groups is 1. The van der Waals surface area contributed by atoms with Gasteiger partial charge in [0.1, 0.15) is 28.1 Å². The molecule has 38 heavy (non-hydrogen) atoms. The smallest absolute Gasteiger partial charge is 0.312 e. The van der Waals surface area contributed by atoms with E-state index in [4.69, 9.17) is 25.2 Å². The molecule has 10 nitrogen and oxygen atoms in total. The van der Waals surface area contributed by atoms with Crippen molar-refractivity contribution in [1.29, 1.82) is 0 Å². The van der Waals surface area contributed by atoms with Gasteiger partial charge in [0.25, 0.3) is 0 Å². The van der Waals surface area contributed by atoms with Crippen molar-refractivity contribution < 1.29 is 38.8 Å². The first-order chi connectivity index (χ1) is 18.1. The lowest BCUT2D eigenvalue weighted by atomic mass is 9.85. The number of rotatable bonds is 2. The van der Waals surface area contributed by atoms with Crippen LogP contribution in [0.5, 0.6) is 28.7 Å². The third kappa shape index (κ3) is 3.46. The lowest BCUT2D eigenvalue weighted by molar-refractivity contribution is -0.135. The van der Waals surface area contributed by atoms with E-state index < -0.39 is 56.9 Å². The predicted octanol–water partition coefficient (Wildman–Crippen LogP) is 4.48. The van der Waals surface area contributed by atoms with Gasteiger partial charge in [0.2, 0.25) is 11.2 Å². The van der Waals surface area contributed by atoms with Gasteiger partial charge in [0, 0.05) is 33.7 Å². The summed E-state index contributed by atoms with van der Waals surface area (Å²) in [5, 5.41) is 40.9. The van der Waals surface area contributed by atoms with Crippen molar-refractivity contribution in [3.05, 3.63) is 85.3 Å². The molecule has 0 saturated carbocycles. The molecular weight excluding hydrogens is 520 g/mol. The minimum atomic E-state index is -1.03. The summed E-state index contributed by atoms with van der Waals surface area (Å²) >= 11 is 6.07. The monoisotopic (exact) mass is 534 g/mol. The van der Waals surface area contributed by atoms with E-state index in [1.807, 2.05) is 0 Å². The molecule has 5 aromatic rings. The number of hydrogen-bond donors (Lipinski definition) is 4. The fourth-order valence-corrected chi connectivity index (χ4v) is 4.84. The molecule has 0 radical (unpaired) electrons. The van der Waals surface area contributed by atoms with Crippen molar-refractivity contribution in [2.45, 2.75) is 12.3 Å². The molecule has 1 aliphatic rings. The van der Waals surface area contributed by atoms with Crippen LogP contribution in [-0.2, 0) is 4.79 Å². The zero-order chi connectivity index (χ0) is 26.9. The SMILES string of the molecule is O=C1CC(c2coc3ccc(Cl)cc3c2=O)c2c(cc(O)c3c(=O)c(O)c(-c4ccc(O)c(O)c4)oc23)O1. The highest BCUT2D eigenvalue weighted by molar-refractivity contribution is 6.31. The first kappa shape index (κ1) is 23.4. The maximum Gasteiger partial charge on any atom is 0.312 e. The van der Waals surface area contributed by atoms with Gasteiger partial charge in [0.15, 0.2) is 22.7 Å². The molecule has 2 aromatic heterocycles. The van der Waals surface area contributed by atoms with E-state index in [1.165, 1.54) is 24.5 Å². The van der Waals surface area contributed by atoms with Crippen LogP contribution in [0.3, 0.4) is 0 Å². The van der Waals surface area contributed by atoms with Crippen LogP contribution in [-0.4, -0.2) is 26.4 Å². The van der Waals surface area contributed by atoms with E-state index in [1.54, 1.807) is 6.07 Å². The number of esters is 1. The zero-order valence-electron chi connectivity index (χ0n) is 19.0. The van der Waals surface area contributed by atoms with Gasteiger partial charge in [0.05, 0.1) is 18.1 Å². The summed E-state index contributed by atoms with van der Waals surface area (Å²) < 4.78 is 16.9. The van der Waals surface area contributed by atoms with Crippen molar-refractivity contribution in [1.82, 2.24) is 0 Å². The minimum absolute atomic E-state index is 0.0260. The molecule has 0 saturated heterocycles. The van der Waals surface area contributed by atoms with E-state index in [-0.39, 0.29) is 45.4 Å². The van der Waals surface area contributed by atoms with Crippen LogP contribution < -0.4 is 15.6 Å². The van der Waals surface area contributed by atoms with Gasteiger partial charge in [-0.15, -0.1) is 0 Å². The first-order valence-corrected chi connectivity index (χ1v) is 11.5. The maximum atomic E-state index is 13.5. The number of phenolic OH excluding ortho intramolecular Hbond substituents is 3. The number of carbonyl (C=O) groups excluding carboxylic acids is 1. The molecular formula is C27H15ClO10. The molecule has 1 atom stereocenters. The fraction of sp³-hybridized carbons (Fsp3) is 0.0741. The predicted molar refractivity (Wildman–Crippen MR) is 134 cm³/mol. The normalized spacial score (nSPS) is 15.0. The lowest BCUT2D eigenvalue weighted by Crippen LogP contribution is -2.25. The largest absolute Gasteiger partial charge is 0.507 e. The second kappa shape index (κ2) is 8.29. The summed E-state index contributed by atoms with van der Waals surface area (Å²) in [5.41, 5.74) is -1.32. The van der Waals surface area contributed by atoms with Gasteiger partial charge >= 0.3 is 5.97 Å². The van der Waals surface area contributed by atoms with Gasteiger partial charge < -0.3 is 34.0 Å². The molecule has 3 aromatic carbocycles. The van der Waals surface area contributed by atoms with E-state index in [0.717, 1.165) is 18.2 Å². The second-order valence-electron chi connectivity index (χ2n) is 8.72. The number of ether oxygens (including phenoxy) is 1. The number of benzene rings is 3. The Morgan fingerprint density at radius 2 is 1.66 bits per heavy atom. The summed E-state index contributed by atoms with van der Waals surface area (Å²) in [7, 11) is 0. The minimum Gasteiger partial charge on any atom is -0.507 e. The Kier molecular flexibility index (Phi) is 5.11. The standard InChI is InChI=1S/C27H15ClO10/c28-11-2-4-18-13(6-11)23(33)14(9-36-18)12-7-20(32)37-19-8-17(31)22-24(34)25(35)26(38-27(22)21(12)19)10-1-3-15(29)16(30)5-10/h1-6,8-9,12,29-31,35H,7H2. The van der Waals surface area contributed by atoms with Gasteiger partial charge in [-0.25, -0.2) is 0 Å². The molecule has 1 aliphatic heterocycles. The fourth-order valence-electron chi connectivity index (χ4n) is 4.67. The average Bonchev–Trinajstić information content (AvgIpc) is 2.87. The highest BCUT2D eigenvalue weighted by atomic mass is 35.5. The Balaban J connectivity index is 1.69. The molecule has 0 spiro atoms. The Bertz CT molecular complexity index is 1950. The molecule has 11 heteroatoms. The van der Waals surface area contributed by atoms with E-state index in [2.05, 4.69) is 0 Å². The highest BCUT2D eigenvalue weighted by Crippen LogP contribution is 2.47. The molecule has 4 N–H and O–H groups in total. The summed E-state index contributed by atoms with van der Waals surface area (Å²) in [6, 6.07) is 9.02. The van der Waals surface area contributed by atoms with Crippen LogP contribution in [0.25, 0.3) is 33.3 Å². The zero-order valence-corrected chi connectivity index (χ0v) is 19.8. The van der Waals surface area contributed by atoms with Crippen LogP contribution in [0.1, 0.15) is 23.5 Å². The molecule has 0 aliphatic carbocycles. The second-order valence-corrected chi connectivity index (χ2v) is 9.15. The van der Waals surface area contributed by atoms with Gasteiger partial charge in [-0.05, 0) is 36.4 Å². The van der Waals surface area contributed by atoms with Gasteiger partial charge in [-0.2, -0.15) is 0 Å². The molecule has 0 amide bonds. The van der Waals surface area contributed by atoms with Crippen LogP contribution >= 0.6 is 11.6 Å². The number of phenols is 3. The number of hydrogen-bond acceptors (Lipinski definition) is 10. The maximum absolute atomic E-state index is 13.5. The quantitative estimate of drug-likeness (QED) is 0.144. The van der Waals surface area contributed by atoms with Crippen molar-refractivity contribution in [2.24, 2.45) is 0 Å². The van der Waals surface area contributed by atoms with Crippen LogP contribution in [0.2, 0.25) is 5.02 Å². The molecule has 0 bridgehead atoms. The van der Waals surface area contributed by atoms with Crippen molar-refractivity contribution in [3.63, 3.8) is 0 Å². The Morgan fingerprint density at radius 1 is 0.868 bits per heavy atom. The summed E-state index contributed by atoms with van der Waals surface area (Å²) in [6.07, 6.45) is 0.866. The molecule has 0 fully saturated rings. The Morgan fingerprint density at radius 3 is 2.42 bits per heavy atom. The van der Waals surface area contributed by atoms with E-state index >= 15 is 0 Å². The molecule has 3 heterocycles. The van der Waals surface area contributed by atoms with Gasteiger partial charge in [-0.1, -0.05) is 11.6 Å². The summed E-state index contributed by atoms with van der Waals surface area (Å²) in [5.74, 6) is -4.77. The van der Waals surface area contributed by atoms with E-state index in [9.17, 15) is 34.8 Å². The van der Waals surface area contributed by atoms with Crippen molar-refractivity contribution in [3.8, 4) is 40.1 Å². The molecule has 190 valence electrons. The van der Waals surface area contributed by atoms with Crippen LogP contribution in [0.15, 0.2) is 67.2 Å². The Hall–Kier alpha value is -4.96. The summed E-state index contributed by atoms with van der Waals surface area (Å²) in [6.45, 7) is 0. The molecule has 6 rings (SSSR count). The van der Waals surface area contributed by atoms with E-state index in [0.29, 0.717) is 5.02 Å². The van der Waals surface area contributed by atoms with Crippen molar-refractivity contribution in [2.75, 3.05) is 0 Å². The topological polar surface area (TPSA) is 168 Å². The number of fused-ring (bicyclic) bond motifs is 4. The third-order valence-corrected chi connectivity index (χ3v) is 6.67. The third-order valence-electron chi connectivity index (χ3n) is 6.44.